The monoisotopic (exact) mass is 365 g/mol. The lowest BCUT2D eigenvalue weighted by Crippen LogP contribution is -1.98. The highest BCUT2D eigenvalue weighted by Gasteiger charge is 2.22. The molecule has 6 nitrogen and oxygen atoms in total. The zero-order valence-electron chi connectivity index (χ0n) is 14.8. The number of hydrogen-bond acceptors (Lipinski definition) is 6. The van der Waals surface area contributed by atoms with Gasteiger partial charge in [-0.05, 0) is 29.8 Å². The fourth-order valence-electron chi connectivity index (χ4n) is 2.90. The zero-order chi connectivity index (χ0) is 18.8. The van der Waals surface area contributed by atoms with Crippen LogP contribution in [0.25, 0.3) is 22.5 Å². The Morgan fingerprint density at radius 2 is 1.67 bits per heavy atom. The van der Waals surface area contributed by atoms with Gasteiger partial charge in [0.1, 0.15) is 5.82 Å². The summed E-state index contributed by atoms with van der Waals surface area (Å²) in [6.07, 6.45) is 0.389. The van der Waals surface area contributed by atoms with Gasteiger partial charge in [-0.1, -0.05) is 24.3 Å². The molecule has 0 radical (unpaired) electrons. The SMILES string of the molecule is COc1c(-c2nnc(Cc3ccc(F)cc3)o2)nc2ccccc2c1OC. The first kappa shape index (κ1) is 17.0. The number of methoxy groups -OCH3 is 2. The molecule has 0 atom stereocenters. The summed E-state index contributed by atoms with van der Waals surface area (Å²) in [5.74, 6) is 1.31. The number of rotatable bonds is 5. The third-order valence-corrected chi connectivity index (χ3v) is 4.15. The maximum absolute atomic E-state index is 13.0. The molecule has 2 aromatic heterocycles. The van der Waals surface area contributed by atoms with Gasteiger partial charge in [-0.2, -0.15) is 0 Å². The predicted molar refractivity (Wildman–Crippen MR) is 97.3 cm³/mol. The van der Waals surface area contributed by atoms with Gasteiger partial charge in [0.05, 0.1) is 26.2 Å². The van der Waals surface area contributed by atoms with Crippen molar-refractivity contribution in [1.29, 1.82) is 0 Å². The molecule has 0 fully saturated rings. The molecule has 136 valence electrons. The van der Waals surface area contributed by atoms with Gasteiger partial charge in [0, 0.05) is 5.39 Å². The molecule has 4 rings (SSSR count). The molecule has 4 aromatic rings. The average molecular weight is 365 g/mol. The number of pyridine rings is 1. The molecule has 0 aliphatic carbocycles. The van der Waals surface area contributed by atoms with E-state index in [1.807, 2.05) is 24.3 Å². The van der Waals surface area contributed by atoms with Crippen LogP contribution in [0, 0.1) is 5.82 Å². The molecule has 27 heavy (non-hydrogen) atoms. The third kappa shape index (κ3) is 3.19. The second-order valence-electron chi connectivity index (χ2n) is 5.85. The highest BCUT2D eigenvalue weighted by molar-refractivity contribution is 5.91. The quantitative estimate of drug-likeness (QED) is 0.532. The number of benzene rings is 2. The minimum Gasteiger partial charge on any atom is -0.492 e. The molecular weight excluding hydrogens is 349 g/mol. The molecule has 7 heteroatoms. The molecule has 0 saturated heterocycles. The molecule has 0 bridgehead atoms. The Hall–Kier alpha value is -3.48. The average Bonchev–Trinajstić information content (AvgIpc) is 3.16. The Morgan fingerprint density at radius 1 is 0.926 bits per heavy atom. The van der Waals surface area contributed by atoms with E-state index in [4.69, 9.17) is 13.9 Å². The lowest BCUT2D eigenvalue weighted by molar-refractivity contribution is 0.357. The number of ether oxygens (including phenoxy) is 2. The van der Waals surface area contributed by atoms with Crippen LogP contribution in [0.2, 0.25) is 0 Å². The van der Waals surface area contributed by atoms with Crippen molar-refractivity contribution >= 4 is 10.9 Å². The van der Waals surface area contributed by atoms with Crippen LogP contribution in [0.5, 0.6) is 11.5 Å². The maximum Gasteiger partial charge on any atom is 0.270 e. The number of aromatic nitrogens is 3. The molecule has 0 N–H and O–H groups in total. The van der Waals surface area contributed by atoms with Crippen LogP contribution in [0.15, 0.2) is 52.9 Å². The topological polar surface area (TPSA) is 70.3 Å². The summed E-state index contributed by atoms with van der Waals surface area (Å²) < 4.78 is 29.9. The van der Waals surface area contributed by atoms with Gasteiger partial charge in [0.2, 0.25) is 5.89 Å². The van der Waals surface area contributed by atoms with Crippen molar-refractivity contribution in [2.24, 2.45) is 0 Å². The molecule has 0 spiro atoms. The summed E-state index contributed by atoms with van der Waals surface area (Å²) in [7, 11) is 3.11. The fourth-order valence-corrected chi connectivity index (χ4v) is 2.90. The van der Waals surface area contributed by atoms with Crippen LogP contribution in [0.4, 0.5) is 4.39 Å². The number of nitrogens with zero attached hydrogens (tertiary/aromatic N) is 3. The summed E-state index contributed by atoms with van der Waals surface area (Å²) in [4.78, 5) is 4.61. The molecule has 0 unspecified atom stereocenters. The molecule has 2 heterocycles. The molecule has 0 aliphatic rings. The summed E-state index contributed by atoms with van der Waals surface area (Å²) in [5.41, 5.74) is 2.00. The van der Waals surface area contributed by atoms with Gasteiger partial charge in [-0.15, -0.1) is 10.2 Å². The van der Waals surface area contributed by atoms with E-state index >= 15 is 0 Å². The van der Waals surface area contributed by atoms with Gasteiger partial charge >= 0.3 is 0 Å². The Morgan fingerprint density at radius 3 is 2.41 bits per heavy atom. The Bertz CT molecular complexity index is 1090. The second-order valence-corrected chi connectivity index (χ2v) is 5.85. The van der Waals surface area contributed by atoms with Gasteiger partial charge in [0.25, 0.3) is 5.89 Å². The van der Waals surface area contributed by atoms with Crippen LogP contribution < -0.4 is 9.47 Å². The van der Waals surface area contributed by atoms with E-state index in [1.54, 1.807) is 19.2 Å². The number of hydrogen-bond donors (Lipinski definition) is 0. The Kier molecular flexibility index (Phi) is 4.42. The number of para-hydroxylation sites is 1. The van der Waals surface area contributed by atoms with E-state index in [9.17, 15) is 4.39 Å². The van der Waals surface area contributed by atoms with Crippen LogP contribution in [0.1, 0.15) is 11.5 Å². The van der Waals surface area contributed by atoms with Crippen molar-refractivity contribution in [2.75, 3.05) is 14.2 Å². The van der Waals surface area contributed by atoms with Crippen molar-refractivity contribution in [2.45, 2.75) is 6.42 Å². The van der Waals surface area contributed by atoms with E-state index in [2.05, 4.69) is 15.2 Å². The van der Waals surface area contributed by atoms with E-state index in [0.29, 0.717) is 29.5 Å². The van der Waals surface area contributed by atoms with Crippen LogP contribution in [-0.2, 0) is 6.42 Å². The first-order chi connectivity index (χ1) is 13.2. The first-order valence-corrected chi connectivity index (χ1v) is 8.27. The second kappa shape index (κ2) is 7.03. The zero-order valence-corrected chi connectivity index (χ0v) is 14.8. The van der Waals surface area contributed by atoms with Crippen molar-refractivity contribution < 1.29 is 18.3 Å². The summed E-state index contributed by atoms with van der Waals surface area (Å²) in [5, 5.41) is 9.00. The normalized spacial score (nSPS) is 10.9. The third-order valence-electron chi connectivity index (χ3n) is 4.15. The number of halogens is 1. The highest BCUT2D eigenvalue weighted by Crippen LogP contribution is 2.41. The lowest BCUT2D eigenvalue weighted by Gasteiger charge is -2.12. The van der Waals surface area contributed by atoms with Gasteiger partial charge in [-0.3, -0.25) is 0 Å². The molecular formula is C20H16FN3O3. The first-order valence-electron chi connectivity index (χ1n) is 8.27. The van der Waals surface area contributed by atoms with Crippen molar-refractivity contribution in [3.05, 3.63) is 65.8 Å². The lowest BCUT2D eigenvalue weighted by atomic mass is 10.1. The van der Waals surface area contributed by atoms with Crippen LogP contribution in [0.3, 0.4) is 0 Å². The fraction of sp³-hybridized carbons (Fsp3) is 0.150. The molecule has 0 aliphatic heterocycles. The minimum absolute atomic E-state index is 0.230. The summed E-state index contributed by atoms with van der Waals surface area (Å²) in [6, 6.07) is 13.7. The highest BCUT2D eigenvalue weighted by atomic mass is 19.1. The summed E-state index contributed by atoms with van der Waals surface area (Å²) in [6.45, 7) is 0. The largest absolute Gasteiger partial charge is 0.492 e. The van der Waals surface area contributed by atoms with Gasteiger partial charge < -0.3 is 13.9 Å². The Balaban J connectivity index is 1.76. The van der Waals surface area contributed by atoms with Crippen molar-refractivity contribution in [1.82, 2.24) is 15.2 Å². The standard InChI is InChI=1S/C20H16FN3O3/c1-25-18-14-5-3-4-6-15(14)22-17(19(18)26-2)20-24-23-16(27-20)11-12-7-9-13(21)10-8-12/h3-10H,11H2,1-2H3. The van der Waals surface area contributed by atoms with Crippen molar-refractivity contribution in [3.63, 3.8) is 0 Å². The van der Waals surface area contributed by atoms with E-state index < -0.39 is 0 Å². The van der Waals surface area contributed by atoms with E-state index in [0.717, 1.165) is 16.5 Å². The molecule has 0 saturated carbocycles. The van der Waals surface area contributed by atoms with Crippen LogP contribution in [-0.4, -0.2) is 29.4 Å². The summed E-state index contributed by atoms with van der Waals surface area (Å²) >= 11 is 0. The van der Waals surface area contributed by atoms with Crippen molar-refractivity contribution in [3.8, 4) is 23.1 Å². The van der Waals surface area contributed by atoms with Gasteiger partial charge in [-0.25, -0.2) is 9.37 Å². The Labute approximate surface area is 154 Å². The van der Waals surface area contributed by atoms with Gasteiger partial charge in [0.15, 0.2) is 17.2 Å². The smallest absolute Gasteiger partial charge is 0.270 e. The molecule has 2 aromatic carbocycles. The van der Waals surface area contributed by atoms with Crippen LogP contribution >= 0.6 is 0 Å². The molecule has 0 amide bonds. The van der Waals surface area contributed by atoms with E-state index in [1.165, 1.54) is 19.2 Å². The number of fused-ring (bicyclic) bond motifs is 1. The predicted octanol–water partition coefficient (Wildman–Crippen LogP) is 4.03. The minimum atomic E-state index is -0.290. The van der Waals surface area contributed by atoms with E-state index in [-0.39, 0.29) is 11.7 Å². The maximum atomic E-state index is 13.0.